The van der Waals surface area contributed by atoms with Gasteiger partial charge in [-0.3, -0.25) is 10.1 Å². The number of hydrogen-bond donors (Lipinski definition) is 1. The highest BCUT2D eigenvalue weighted by molar-refractivity contribution is 7.13. The normalized spacial score (nSPS) is 20.9. The van der Waals surface area contributed by atoms with Gasteiger partial charge in [-0.05, 0) is 19.1 Å². The number of anilines is 1. The highest BCUT2D eigenvalue weighted by Crippen LogP contribution is 2.33. The number of carbonyl (C=O) groups is 1. The van der Waals surface area contributed by atoms with Gasteiger partial charge in [-0.2, -0.15) is 0 Å². The minimum atomic E-state index is -0.682. The quantitative estimate of drug-likeness (QED) is 0.914. The molecule has 1 aliphatic rings. The fraction of sp³-hybridized carbons (Fsp3) is 0.231. The zero-order valence-corrected chi connectivity index (χ0v) is 11.0. The largest absolute Gasteiger partial charge is 0.482 e. The molecule has 2 heterocycles. The molecule has 5 nitrogen and oxygen atoms in total. The lowest BCUT2D eigenvalue weighted by molar-refractivity contribution is -0.128. The molecule has 1 aliphatic heterocycles. The number of thiazole rings is 1. The molecule has 0 radical (unpaired) electrons. The van der Waals surface area contributed by atoms with E-state index >= 15 is 0 Å². The van der Waals surface area contributed by atoms with Crippen molar-refractivity contribution in [2.75, 3.05) is 5.32 Å². The molecule has 0 unspecified atom stereocenters. The first-order valence-electron chi connectivity index (χ1n) is 5.87. The Labute approximate surface area is 114 Å². The fourth-order valence-corrected chi connectivity index (χ4v) is 2.40. The van der Waals surface area contributed by atoms with E-state index in [0.29, 0.717) is 16.6 Å². The molecule has 6 heteroatoms. The predicted octanol–water partition coefficient (Wildman–Crippen LogP) is 2.31. The number of aromatic nitrogens is 1. The van der Waals surface area contributed by atoms with Crippen LogP contribution in [0, 0.1) is 0 Å². The molecule has 0 saturated carbocycles. The number of nitrogens with one attached hydrogen (secondary N) is 1. The molecule has 1 N–H and O–H groups in total. The Morgan fingerprint density at radius 1 is 1.32 bits per heavy atom. The lowest BCUT2D eigenvalue weighted by Crippen LogP contribution is -2.46. The number of benzene rings is 1. The maximum Gasteiger partial charge on any atom is 0.271 e. The second kappa shape index (κ2) is 4.89. The standard InChI is InChI=1S/C13H12N2O3S/c1-8-11(12(16)15-13-14-6-7-19-13)18-10-5-3-2-4-9(10)17-8/h2-8,11H,1H3,(H,14,15,16)/t8-,11-/m0/s1. The molecule has 19 heavy (non-hydrogen) atoms. The van der Waals surface area contributed by atoms with Gasteiger partial charge < -0.3 is 9.47 Å². The van der Waals surface area contributed by atoms with Crippen LogP contribution in [0.5, 0.6) is 11.5 Å². The van der Waals surface area contributed by atoms with Crippen LogP contribution in [-0.2, 0) is 4.79 Å². The molecular weight excluding hydrogens is 264 g/mol. The van der Waals surface area contributed by atoms with Crippen molar-refractivity contribution in [1.29, 1.82) is 0 Å². The van der Waals surface area contributed by atoms with Crippen molar-refractivity contribution in [3.8, 4) is 11.5 Å². The van der Waals surface area contributed by atoms with Crippen LogP contribution in [0.15, 0.2) is 35.8 Å². The Balaban J connectivity index is 1.77. The summed E-state index contributed by atoms with van der Waals surface area (Å²) in [6.45, 7) is 1.81. The highest BCUT2D eigenvalue weighted by atomic mass is 32.1. The second-order valence-electron chi connectivity index (χ2n) is 4.13. The van der Waals surface area contributed by atoms with E-state index in [4.69, 9.17) is 9.47 Å². The number of nitrogens with zero attached hydrogens (tertiary/aromatic N) is 1. The lowest BCUT2D eigenvalue weighted by Gasteiger charge is -2.30. The number of para-hydroxylation sites is 2. The Bertz CT molecular complexity index is 585. The van der Waals surface area contributed by atoms with Gasteiger partial charge in [-0.25, -0.2) is 4.98 Å². The van der Waals surface area contributed by atoms with E-state index in [2.05, 4.69) is 10.3 Å². The van der Waals surface area contributed by atoms with Crippen molar-refractivity contribution < 1.29 is 14.3 Å². The van der Waals surface area contributed by atoms with Crippen molar-refractivity contribution in [3.63, 3.8) is 0 Å². The summed E-state index contributed by atoms with van der Waals surface area (Å²) in [5, 5.41) is 5.07. The summed E-state index contributed by atoms with van der Waals surface area (Å²) in [6, 6.07) is 7.31. The third kappa shape index (κ3) is 2.39. The number of hydrogen-bond acceptors (Lipinski definition) is 5. The lowest BCUT2D eigenvalue weighted by atomic mass is 10.1. The van der Waals surface area contributed by atoms with Gasteiger partial charge in [-0.1, -0.05) is 12.1 Å². The Hall–Kier alpha value is -2.08. The van der Waals surface area contributed by atoms with Gasteiger partial charge in [0.15, 0.2) is 16.6 Å². The van der Waals surface area contributed by atoms with Gasteiger partial charge in [-0.15, -0.1) is 11.3 Å². The van der Waals surface area contributed by atoms with E-state index in [-0.39, 0.29) is 12.0 Å². The van der Waals surface area contributed by atoms with Crippen LogP contribution in [0.1, 0.15) is 6.92 Å². The third-order valence-corrected chi connectivity index (χ3v) is 3.45. The topological polar surface area (TPSA) is 60.5 Å². The number of fused-ring (bicyclic) bond motifs is 1. The van der Waals surface area contributed by atoms with E-state index in [0.717, 1.165) is 0 Å². The maximum atomic E-state index is 12.1. The number of carbonyl (C=O) groups excluding carboxylic acids is 1. The van der Waals surface area contributed by atoms with Crippen LogP contribution in [0.3, 0.4) is 0 Å². The first-order chi connectivity index (χ1) is 9.24. The molecule has 0 bridgehead atoms. The Kier molecular flexibility index (Phi) is 3.08. The highest BCUT2D eigenvalue weighted by Gasteiger charge is 2.34. The molecule has 2 aromatic rings. The van der Waals surface area contributed by atoms with Crippen LogP contribution >= 0.6 is 11.3 Å². The summed E-state index contributed by atoms with van der Waals surface area (Å²) in [4.78, 5) is 16.1. The molecule has 0 saturated heterocycles. The first kappa shape index (κ1) is 12.0. The monoisotopic (exact) mass is 276 g/mol. The average Bonchev–Trinajstić information content (AvgIpc) is 2.90. The summed E-state index contributed by atoms with van der Waals surface area (Å²) in [7, 11) is 0. The zero-order valence-electron chi connectivity index (χ0n) is 10.2. The van der Waals surface area contributed by atoms with Crippen LogP contribution in [0.25, 0.3) is 0 Å². The summed E-state index contributed by atoms with van der Waals surface area (Å²) in [5.41, 5.74) is 0. The van der Waals surface area contributed by atoms with Gasteiger partial charge in [0.1, 0.15) is 6.10 Å². The van der Waals surface area contributed by atoms with Crippen LogP contribution in [-0.4, -0.2) is 23.1 Å². The van der Waals surface area contributed by atoms with E-state index in [1.54, 1.807) is 17.6 Å². The van der Waals surface area contributed by atoms with Crippen molar-refractivity contribution in [2.24, 2.45) is 0 Å². The van der Waals surface area contributed by atoms with Gasteiger partial charge in [0.25, 0.3) is 5.91 Å². The second-order valence-corrected chi connectivity index (χ2v) is 5.03. The van der Waals surface area contributed by atoms with Crippen LogP contribution in [0.2, 0.25) is 0 Å². The maximum absolute atomic E-state index is 12.1. The van der Waals surface area contributed by atoms with E-state index in [1.807, 2.05) is 25.1 Å². The number of rotatable bonds is 2. The summed E-state index contributed by atoms with van der Waals surface area (Å²) < 4.78 is 11.4. The van der Waals surface area contributed by atoms with Crippen LogP contribution in [0.4, 0.5) is 5.13 Å². The zero-order chi connectivity index (χ0) is 13.2. The number of amides is 1. The summed E-state index contributed by atoms with van der Waals surface area (Å²) in [6.07, 6.45) is 0.603. The molecule has 1 amide bonds. The van der Waals surface area contributed by atoms with Gasteiger partial charge in [0.2, 0.25) is 6.10 Å². The van der Waals surface area contributed by atoms with Gasteiger partial charge in [0.05, 0.1) is 0 Å². The van der Waals surface area contributed by atoms with Crippen molar-refractivity contribution in [2.45, 2.75) is 19.1 Å². The third-order valence-electron chi connectivity index (χ3n) is 2.76. The number of ether oxygens (including phenoxy) is 2. The average molecular weight is 276 g/mol. The van der Waals surface area contributed by atoms with Crippen LogP contribution < -0.4 is 14.8 Å². The SMILES string of the molecule is C[C@@H]1Oc2ccccc2O[C@@H]1C(=O)Nc1nccs1. The molecular formula is C13H12N2O3S. The molecule has 0 fully saturated rings. The van der Waals surface area contributed by atoms with Crippen molar-refractivity contribution in [3.05, 3.63) is 35.8 Å². The summed E-state index contributed by atoms with van der Waals surface area (Å²) >= 11 is 1.36. The molecule has 0 spiro atoms. The van der Waals surface area contributed by atoms with Gasteiger partial charge in [0, 0.05) is 11.6 Å². The minimum absolute atomic E-state index is 0.253. The molecule has 2 atom stereocenters. The molecule has 1 aromatic carbocycles. The van der Waals surface area contributed by atoms with E-state index < -0.39 is 6.10 Å². The fourth-order valence-electron chi connectivity index (χ4n) is 1.87. The molecule has 1 aromatic heterocycles. The van der Waals surface area contributed by atoms with Gasteiger partial charge >= 0.3 is 0 Å². The molecule has 0 aliphatic carbocycles. The van der Waals surface area contributed by atoms with Crippen molar-refractivity contribution in [1.82, 2.24) is 4.98 Å². The summed E-state index contributed by atoms with van der Waals surface area (Å²) in [5.74, 6) is 0.991. The Morgan fingerprint density at radius 3 is 2.74 bits per heavy atom. The predicted molar refractivity (Wildman–Crippen MR) is 71.7 cm³/mol. The minimum Gasteiger partial charge on any atom is -0.482 e. The van der Waals surface area contributed by atoms with E-state index in [9.17, 15) is 4.79 Å². The van der Waals surface area contributed by atoms with Crippen molar-refractivity contribution >= 4 is 22.4 Å². The molecule has 3 rings (SSSR count). The smallest absolute Gasteiger partial charge is 0.271 e. The Morgan fingerprint density at radius 2 is 2.05 bits per heavy atom. The van der Waals surface area contributed by atoms with E-state index in [1.165, 1.54) is 11.3 Å². The first-order valence-corrected chi connectivity index (χ1v) is 6.75. The molecule has 98 valence electrons.